The van der Waals surface area contributed by atoms with Crippen LogP contribution >= 0.6 is 0 Å². The van der Waals surface area contributed by atoms with Crippen LogP contribution < -0.4 is 11.0 Å². The number of aliphatic hydroxyl groups excluding tert-OH is 2. The number of amides is 2. The van der Waals surface area contributed by atoms with Crippen molar-refractivity contribution in [2.45, 2.75) is 24.9 Å². The predicted molar refractivity (Wildman–Crippen MR) is 107 cm³/mol. The van der Waals surface area contributed by atoms with Crippen LogP contribution in [-0.2, 0) is 4.74 Å². The number of nitrogens with zero attached hydrogens (tertiary/aromatic N) is 3. The molecule has 2 aliphatic heterocycles. The fourth-order valence-electron chi connectivity index (χ4n) is 4.14. The Bertz CT molecular complexity index is 1070. The molecule has 0 spiro atoms. The second kappa shape index (κ2) is 7.76. The maximum atomic E-state index is 12.7. The zero-order valence-electron chi connectivity index (χ0n) is 16.6. The lowest BCUT2D eigenvalue weighted by atomic mass is 9.85. The number of aliphatic hydroxyl groups is 2. The molecule has 4 N–H and O–H groups in total. The molecule has 2 saturated heterocycles. The number of hydrogen-bond acceptors (Lipinski definition) is 7. The van der Waals surface area contributed by atoms with Gasteiger partial charge in [0, 0.05) is 23.9 Å². The Morgan fingerprint density at radius 1 is 1.32 bits per heavy atom. The van der Waals surface area contributed by atoms with E-state index in [4.69, 9.17) is 4.74 Å². The number of rotatable bonds is 4. The Labute approximate surface area is 176 Å². The second-order valence-corrected chi connectivity index (χ2v) is 7.79. The summed E-state index contributed by atoms with van der Waals surface area (Å²) in [6, 6.07) is 8.46. The third kappa shape index (κ3) is 3.56. The number of ether oxygens (including phenoxy) is 1. The number of aryl methyl sites for hydroxylation is 1. The molecule has 1 aromatic heterocycles. The summed E-state index contributed by atoms with van der Waals surface area (Å²) in [5, 5.41) is 32.4. The highest BCUT2D eigenvalue weighted by Crippen LogP contribution is 2.45. The molecule has 11 heteroatoms. The molecule has 0 saturated carbocycles. The molecule has 0 radical (unpaired) electrons. The van der Waals surface area contributed by atoms with Gasteiger partial charge in [0.15, 0.2) is 0 Å². The van der Waals surface area contributed by atoms with E-state index in [2.05, 4.69) is 10.3 Å². The van der Waals surface area contributed by atoms with Gasteiger partial charge in [-0.1, -0.05) is 18.2 Å². The smallest absolute Gasteiger partial charge is 0.407 e. The van der Waals surface area contributed by atoms with Gasteiger partial charge < -0.3 is 30.3 Å². The Morgan fingerprint density at radius 2 is 2.03 bits per heavy atom. The molecule has 4 atom stereocenters. The Balaban J connectivity index is 1.64. The van der Waals surface area contributed by atoms with Gasteiger partial charge in [0.1, 0.15) is 17.6 Å². The first kappa shape index (κ1) is 21.0. The zero-order chi connectivity index (χ0) is 22.3. The van der Waals surface area contributed by atoms with E-state index < -0.39 is 48.1 Å². The van der Waals surface area contributed by atoms with E-state index in [-0.39, 0.29) is 18.9 Å². The van der Waals surface area contributed by atoms with E-state index in [0.29, 0.717) is 11.1 Å². The van der Waals surface area contributed by atoms with Crippen LogP contribution in [0.4, 0.5) is 10.6 Å². The van der Waals surface area contributed by atoms with Crippen LogP contribution in [0.25, 0.3) is 0 Å². The van der Waals surface area contributed by atoms with Gasteiger partial charge >= 0.3 is 11.8 Å². The van der Waals surface area contributed by atoms with Crippen LogP contribution in [0, 0.1) is 12.8 Å². The Morgan fingerprint density at radius 3 is 2.68 bits per heavy atom. The average Bonchev–Trinajstić information content (AvgIpc) is 2.91. The van der Waals surface area contributed by atoms with E-state index in [1.54, 1.807) is 37.3 Å². The maximum absolute atomic E-state index is 12.7. The molecule has 2 bridgehead atoms. The Hall–Kier alpha value is -3.28. The monoisotopic (exact) mass is 430 g/mol. The average molecular weight is 430 g/mol. The molecule has 2 aromatic rings. The largest absolute Gasteiger partial charge is 0.465 e. The number of likely N-dealkylation sites (tertiary alicyclic amines) is 1. The quantitative estimate of drug-likeness (QED) is 0.530. The first-order chi connectivity index (χ1) is 14.8. The summed E-state index contributed by atoms with van der Waals surface area (Å²) in [5.41, 5.74) is -1.40. The van der Waals surface area contributed by atoms with Crippen LogP contribution in [0.2, 0.25) is 0 Å². The summed E-state index contributed by atoms with van der Waals surface area (Å²) in [4.78, 5) is 41.6. The molecule has 11 nitrogen and oxygen atoms in total. The number of fused-ring (bicyclic) bond motifs is 2. The van der Waals surface area contributed by atoms with Crippen molar-refractivity contribution in [1.82, 2.24) is 14.5 Å². The second-order valence-electron chi connectivity index (χ2n) is 7.79. The molecule has 2 fully saturated rings. The van der Waals surface area contributed by atoms with Gasteiger partial charge in [-0.05, 0) is 19.1 Å². The van der Waals surface area contributed by atoms with Crippen LogP contribution in [0.1, 0.15) is 22.1 Å². The molecule has 3 heterocycles. The van der Waals surface area contributed by atoms with Gasteiger partial charge in [-0.3, -0.25) is 9.36 Å². The summed E-state index contributed by atoms with van der Waals surface area (Å²) >= 11 is 0. The van der Waals surface area contributed by atoms with Crippen molar-refractivity contribution >= 4 is 17.8 Å². The van der Waals surface area contributed by atoms with Crippen molar-refractivity contribution in [3.8, 4) is 0 Å². The summed E-state index contributed by atoms with van der Waals surface area (Å²) in [6.45, 7) is 0.740. The molecule has 2 amide bonds. The molecule has 31 heavy (non-hydrogen) atoms. The number of hydrogen-bond donors (Lipinski definition) is 4. The lowest BCUT2D eigenvalue weighted by Crippen LogP contribution is -2.60. The summed E-state index contributed by atoms with van der Waals surface area (Å²) in [5.74, 6) is -1.12. The number of aromatic nitrogens is 2. The lowest BCUT2D eigenvalue weighted by molar-refractivity contribution is -0.137. The van der Waals surface area contributed by atoms with Crippen LogP contribution in [0.3, 0.4) is 0 Å². The van der Waals surface area contributed by atoms with Gasteiger partial charge in [0.25, 0.3) is 5.91 Å². The van der Waals surface area contributed by atoms with Gasteiger partial charge in [0.05, 0.1) is 25.2 Å². The van der Waals surface area contributed by atoms with E-state index in [0.717, 1.165) is 9.47 Å². The molecule has 164 valence electrons. The van der Waals surface area contributed by atoms with Crippen LogP contribution in [0.5, 0.6) is 0 Å². The number of anilines is 1. The molecule has 4 rings (SSSR count). The third-order valence-corrected chi connectivity index (χ3v) is 5.77. The van der Waals surface area contributed by atoms with Gasteiger partial charge in [0.2, 0.25) is 0 Å². The van der Waals surface area contributed by atoms with Crippen molar-refractivity contribution in [1.29, 1.82) is 0 Å². The number of piperidine rings is 1. The van der Waals surface area contributed by atoms with Crippen molar-refractivity contribution in [3.63, 3.8) is 0 Å². The molecule has 0 aliphatic carbocycles. The first-order valence-electron chi connectivity index (χ1n) is 9.66. The molecule has 1 aromatic carbocycles. The van der Waals surface area contributed by atoms with E-state index in [1.807, 2.05) is 0 Å². The maximum Gasteiger partial charge on any atom is 0.407 e. The summed E-state index contributed by atoms with van der Waals surface area (Å²) in [6.07, 6.45) is -1.96. The number of benzene rings is 1. The van der Waals surface area contributed by atoms with Crippen LogP contribution in [-0.4, -0.2) is 73.2 Å². The molecule has 2 aliphatic rings. The minimum atomic E-state index is -1.53. The Kier molecular flexibility index (Phi) is 5.25. The normalized spacial score (nSPS) is 27.2. The minimum absolute atomic E-state index is 0.0686. The lowest BCUT2D eigenvalue weighted by Gasteiger charge is -2.39. The summed E-state index contributed by atoms with van der Waals surface area (Å²) in [7, 11) is 0. The fourth-order valence-corrected chi connectivity index (χ4v) is 4.14. The van der Waals surface area contributed by atoms with Crippen molar-refractivity contribution < 1.29 is 29.6 Å². The highest BCUT2D eigenvalue weighted by molar-refractivity contribution is 6.03. The van der Waals surface area contributed by atoms with Gasteiger partial charge in [-0.25, -0.2) is 9.59 Å². The minimum Gasteiger partial charge on any atom is -0.465 e. The standard InChI is InChI=1S/C20H22N4O7/c1-11-7-24(18(28)22-15(11)21-16(27)12-5-3-2-4-6-12)17-13-8-23(19(29)30)9-20(10-25,31-17)14(13)26/h2-7,13-14,17,25-26H,8-10H2,1H3,(H,29,30)(H,21,22,27,28)/t13-,14+,17-,20-/m1/s1. The van der Waals surface area contributed by atoms with E-state index >= 15 is 0 Å². The SMILES string of the molecule is Cc1cn([C@@H]2O[C@@]3(CO)CN(C(=O)O)C[C@@H]2[C@@H]3O)c(=O)nc1NC(=O)c1ccccc1. The van der Waals surface area contributed by atoms with Crippen molar-refractivity contribution in [3.05, 3.63) is 58.1 Å². The van der Waals surface area contributed by atoms with E-state index in [1.165, 1.54) is 6.20 Å². The van der Waals surface area contributed by atoms with Gasteiger partial charge in [-0.15, -0.1) is 0 Å². The number of carbonyl (C=O) groups is 2. The number of carbonyl (C=O) groups excluding carboxylic acids is 1. The summed E-state index contributed by atoms with van der Waals surface area (Å²) < 4.78 is 7.01. The molecule has 0 unspecified atom stereocenters. The van der Waals surface area contributed by atoms with Crippen LogP contribution in [0.15, 0.2) is 41.3 Å². The van der Waals surface area contributed by atoms with Crippen molar-refractivity contribution in [2.24, 2.45) is 5.92 Å². The number of nitrogens with one attached hydrogen (secondary N) is 1. The highest BCUT2D eigenvalue weighted by atomic mass is 16.6. The zero-order valence-corrected chi connectivity index (χ0v) is 16.6. The van der Waals surface area contributed by atoms with Gasteiger partial charge in [-0.2, -0.15) is 4.98 Å². The topological polar surface area (TPSA) is 154 Å². The molecular weight excluding hydrogens is 408 g/mol. The first-order valence-corrected chi connectivity index (χ1v) is 9.66. The third-order valence-electron chi connectivity index (χ3n) is 5.77. The number of carboxylic acid groups (broad SMARTS) is 1. The van der Waals surface area contributed by atoms with E-state index in [9.17, 15) is 29.7 Å². The molecular formula is C20H22N4O7. The predicted octanol–water partition coefficient (Wildman–Crippen LogP) is 0.0346. The fraction of sp³-hybridized carbons (Fsp3) is 0.400. The van der Waals surface area contributed by atoms with Crippen molar-refractivity contribution in [2.75, 3.05) is 25.0 Å². The highest BCUT2D eigenvalue weighted by Gasteiger charge is 2.60.